The van der Waals surface area contributed by atoms with Crippen LogP contribution < -0.4 is 0 Å². The van der Waals surface area contributed by atoms with Crippen LogP contribution in [0.15, 0.2) is 34.9 Å². The summed E-state index contributed by atoms with van der Waals surface area (Å²) in [6, 6.07) is 10.3. The third-order valence-electron chi connectivity index (χ3n) is 4.85. The average Bonchev–Trinajstić information content (AvgIpc) is 2.98. The molecule has 0 aliphatic heterocycles. The van der Waals surface area contributed by atoms with Crippen LogP contribution in [0.4, 0.5) is 0 Å². The SMILES string of the molecule is CN(C)Cc1ccc2c(ccc3onc([C@H]4CCC(=O)CC4=O)c32)c1. The second-order valence-corrected chi connectivity index (χ2v) is 7.07. The smallest absolute Gasteiger partial charge is 0.167 e. The highest BCUT2D eigenvalue weighted by molar-refractivity contribution is 6.11. The lowest BCUT2D eigenvalue weighted by molar-refractivity contribution is -0.130. The van der Waals surface area contributed by atoms with Gasteiger partial charge >= 0.3 is 0 Å². The first-order chi connectivity index (χ1) is 12.0. The van der Waals surface area contributed by atoms with Crippen molar-refractivity contribution in [1.29, 1.82) is 0 Å². The molecule has 0 N–H and O–H groups in total. The number of rotatable bonds is 3. The molecule has 0 saturated heterocycles. The number of Topliss-reactive ketones (excluding diaryl/α,β-unsaturated/α-hetero) is 2. The first-order valence-corrected chi connectivity index (χ1v) is 8.53. The summed E-state index contributed by atoms with van der Waals surface area (Å²) in [6.07, 6.45) is 0.966. The van der Waals surface area contributed by atoms with Gasteiger partial charge in [0.1, 0.15) is 17.3 Å². The van der Waals surface area contributed by atoms with Gasteiger partial charge in [0.15, 0.2) is 5.58 Å². The maximum atomic E-state index is 12.4. The molecule has 128 valence electrons. The number of hydrogen-bond donors (Lipinski definition) is 0. The van der Waals surface area contributed by atoms with Gasteiger partial charge in [0.2, 0.25) is 0 Å². The van der Waals surface area contributed by atoms with Gasteiger partial charge in [0.25, 0.3) is 0 Å². The molecule has 0 bridgehead atoms. The molecule has 5 heteroatoms. The molecule has 1 aliphatic carbocycles. The van der Waals surface area contributed by atoms with Gasteiger partial charge in [-0.2, -0.15) is 0 Å². The second-order valence-electron chi connectivity index (χ2n) is 7.07. The molecule has 1 aliphatic rings. The maximum absolute atomic E-state index is 12.4. The van der Waals surface area contributed by atoms with E-state index in [1.54, 1.807) is 0 Å². The fraction of sp³-hybridized carbons (Fsp3) is 0.350. The number of hydrogen-bond acceptors (Lipinski definition) is 5. The quantitative estimate of drug-likeness (QED) is 0.686. The molecule has 1 heterocycles. The molecular weight excluding hydrogens is 316 g/mol. The molecule has 25 heavy (non-hydrogen) atoms. The van der Waals surface area contributed by atoms with Crippen LogP contribution in [0.2, 0.25) is 0 Å². The van der Waals surface area contributed by atoms with Crippen molar-refractivity contribution in [1.82, 2.24) is 10.1 Å². The van der Waals surface area contributed by atoms with Gasteiger partial charge in [-0.3, -0.25) is 9.59 Å². The van der Waals surface area contributed by atoms with Crippen LogP contribution in [0, 0.1) is 0 Å². The molecule has 5 nitrogen and oxygen atoms in total. The van der Waals surface area contributed by atoms with Crippen LogP contribution in [-0.2, 0) is 16.1 Å². The molecule has 0 unspecified atom stereocenters. The summed E-state index contributed by atoms with van der Waals surface area (Å²) in [6.45, 7) is 0.869. The molecular formula is C20H20N2O3. The molecule has 1 saturated carbocycles. The molecule has 1 atom stereocenters. The zero-order valence-corrected chi connectivity index (χ0v) is 14.4. The molecule has 0 radical (unpaired) electrons. The molecule has 0 amide bonds. The second kappa shape index (κ2) is 6.08. The Morgan fingerprint density at radius 1 is 1.20 bits per heavy atom. The van der Waals surface area contributed by atoms with Crippen molar-refractivity contribution >= 4 is 33.3 Å². The van der Waals surface area contributed by atoms with Gasteiger partial charge in [-0.1, -0.05) is 23.4 Å². The summed E-state index contributed by atoms with van der Waals surface area (Å²) < 4.78 is 5.48. The summed E-state index contributed by atoms with van der Waals surface area (Å²) in [4.78, 5) is 26.0. The summed E-state index contributed by atoms with van der Waals surface area (Å²) in [5, 5.41) is 7.25. The Hall–Kier alpha value is -2.53. The zero-order chi connectivity index (χ0) is 17.6. The van der Waals surface area contributed by atoms with E-state index in [0.29, 0.717) is 24.1 Å². The Kier molecular flexibility index (Phi) is 3.88. The van der Waals surface area contributed by atoms with Crippen molar-refractivity contribution in [2.24, 2.45) is 0 Å². The average molecular weight is 336 g/mol. The number of benzene rings is 2. The first kappa shape index (κ1) is 16.0. The summed E-state index contributed by atoms with van der Waals surface area (Å²) in [5.41, 5.74) is 2.60. The summed E-state index contributed by atoms with van der Waals surface area (Å²) in [7, 11) is 4.09. The molecule has 1 fully saturated rings. The van der Waals surface area contributed by atoms with E-state index in [1.807, 2.05) is 26.2 Å². The third kappa shape index (κ3) is 2.85. The number of fused-ring (bicyclic) bond motifs is 3. The zero-order valence-electron chi connectivity index (χ0n) is 14.4. The fourth-order valence-electron chi connectivity index (χ4n) is 3.71. The van der Waals surface area contributed by atoms with Gasteiger partial charge in [0, 0.05) is 13.0 Å². The van der Waals surface area contributed by atoms with Gasteiger partial charge in [-0.05, 0) is 49.0 Å². The minimum absolute atomic E-state index is 0.0107. The highest BCUT2D eigenvalue weighted by atomic mass is 16.5. The predicted molar refractivity (Wildman–Crippen MR) is 95.5 cm³/mol. The molecule has 2 aromatic carbocycles. The van der Waals surface area contributed by atoms with Crippen molar-refractivity contribution in [2.75, 3.05) is 14.1 Å². The van der Waals surface area contributed by atoms with Crippen LogP contribution >= 0.6 is 0 Å². The van der Waals surface area contributed by atoms with Crippen molar-refractivity contribution in [2.45, 2.75) is 31.7 Å². The minimum Gasteiger partial charge on any atom is -0.356 e. The Morgan fingerprint density at radius 2 is 2.04 bits per heavy atom. The fourth-order valence-corrected chi connectivity index (χ4v) is 3.71. The lowest BCUT2D eigenvalue weighted by Crippen LogP contribution is -2.23. The summed E-state index contributed by atoms with van der Waals surface area (Å²) in [5.74, 6) is -0.370. The molecule has 3 aromatic rings. The van der Waals surface area contributed by atoms with E-state index >= 15 is 0 Å². The van der Waals surface area contributed by atoms with Crippen molar-refractivity contribution in [3.05, 3.63) is 41.6 Å². The van der Waals surface area contributed by atoms with E-state index in [2.05, 4.69) is 28.3 Å². The largest absolute Gasteiger partial charge is 0.356 e. The van der Waals surface area contributed by atoms with Crippen LogP contribution in [0.5, 0.6) is 0 Å². The van der Waals surface area contributed by atoms with E-state index in [4.69, 9.17) is 4.52 Å². The van der Waals surface area contributed by atoms with E-state index in [0.717, 1.165) is 22.7 Å². The molecule has 1 aromatic heterocycles. The van der Waals surface area contributed by atoms with Gasteiger partial charge in [0.05, 0.1) is 17.7 Å². The topological polar surface area (TPSA) is 63.4 Å². The Balaban J connectivity index is 1.84. The highest BCUT2D eigenvalue weighted by Gasteiger charge is 2.32. The van der Waals surface area contributed by atoms with Crippen molar-refractivity contribution < 1.29 is 14.1 Å². The third-order valence-corrected chi connectivity index (χ3v) is 4.85. The summed E-state index contributed by atoms with van der Waals surface area (Å²) >= 11 is 0. The van der Waals surface area contributed by atoms with E-state index in [9.17, 15) is 9.59 Å². The van der Waals surface area contributed by atoms with E-state index in [1.165, 1.54) is 5.56 Å². The minimum atomic E-state index is -0.342. The van der Waals surface area contributed by atoms with Crippen LogP contribution in [-0.4, -0.2) is 35.7 Å². The standard InChI is InChI=1S/C20H20N2O3/c1-22(2)11-12-3-6-15-13(9-12)4-8-18-19(15)20(21-25-18)16-7-5-14(23)10-17(16)24/h3-4,6,8-9,16H,5,7,10-11H2,1-2H3/t16-/m0/s1. The molecule has 4 rings (SSSR count). The maximum Gasteiger partial charge on any atom is 0.167 e. The van der Waals surface area contributed by atoms with Crippen molar-refractivity contribution in [3.8, 4) is 0 Å². The van der Waals surface area contributed by atoms with Crippen LogP contribution in [0.25, 0.3) is 21.7 Å². The van der Waals surface area contributed by atoms with E-state index in [-0.39, 0.29) is 23.9 Å². The Bertz CT molecular complexity index is 987. The number of ketones is 2. The lowest BCUT2D eigenvalue weighted by Gasteiger charge is -2.18. The van der Waals surface area contributed by atoms with Gasteiger partial charge in [-0.25, -0.2) is 0 Å². The van der Waals surface area contributed by atoms with Crippen LogP contribution in [0.1, 0.15) is 36.4 Å². The van der Waals surface area contributed by atoms with Crippen LogP contribution in [0.3, 0.4) is 0 Å². The first-order valence-electron chi connectivity index (χ1n) is 8.53. The molecule has 0 spiro atoms. The van der Waals surface area contributed by atoms with Gasteiger partial charge in [-0.15, -0.1) is 0 Å². The number of carbonyl (C=O) groups is 2. The monoisotopic (exact) mass is 336 g/mol. The Labute approximate surface area is 145 Å². The number of carbonyl (C=O) groups excluding carboxylic acids is 2. The predicted octanol–water partition coefficient (Wildman–Crippen LogP) is 3.45. The number of aromatic nitrogens is 1. The number of nitrogens with zero attached hydrogens (tertiary/aromatic N) is 2. The highest BCUT2D eigenvalue weighted by Crippen LogP contribution is 2.36. The lowest BCUT2D eigenvalue weighted by atomic mass is 9.83. The normalized spacial score (nSPS) is 18.6. The Morgan fingerprint density at radius 3 is 2.80 bits per heavy atom. The van der Waals surface area contributed by atoms with Gasteiger partial charge < -0.3 is 9.42 Å². The van der Waals surface area contributed by atoms with E-state index < -0.39 is 0 Å². The van der Waals surface area contributed by atoms with Crippen molar-refractivity contribution in [3.63, 3.8) is 0 Å².